The van der Waals surface area contributed by atoms with E-state index in [9.17, 15) is 5.11 Å². The highest BCUT2D eigenvalue weighted by Crippen LogP contribution is 2.21. The first-order valence-corrected chi connectivity index (χ1v) is 8.41. The number of hydrogen-bond donors (Lipinski definition) is 1. The smallest absolute Gasteiger partial charge is 0.122 e. The fourth-order valence-electron chi connectivity index (χ4n) is 2.93. The number of ether oxygens (including phenoxy) is 1. The Bertz CT molecular complexity index is 839. The summed E-state index contributed by atoms with van der Waals surface area (Å²) in [5.41, 5.74) is 4.33. The van der Waals surface area contributed by atoms with Gasteiger partial charge < -0.3 is 14.4 Å². The lowest BCUT2D eigenvalue weighted by Gasteiger charge is -2.17. The maximum atomic E-state index is 10.4. The van der Waals surface area contributed by atoms with Crippen molar-refractivity contribution in [1.29, 1.82) is 0 Å². The number of benzene rings is 2. The molecule has 0 aliphatic heterocycles. The standard InChI is InChI=1S/C20H24N2O2/c1-4-20-21-17-9-5-6-10-18(17)22(20)12-16(23)13-24-19-11-7-8-14(2)15(19)3/h5-11,16,23H,4,12-13H2,1-3H3/t16-/m0/s1. The first-order chi connectivity index (χ1) is 11.6. The first kappa shape index (κ1) is 16.5. The van der Waals surface area contributed by atoms with Crippen molar-refractivity contribution in [2.75, 3.05) is 6.61 Å². The highest BCUT2D eigenvalue weighted by atomic mass is 16.5. The lowest BCUT2D eigenvalue weighted by Crippen LogP contribution is -2.24. The normalized spacial score (nSPS) is 12.5. The molecular weight excluding hydrogens is 300 g/mol. The van der Waals surface area contributed by atoms with E-state index in [1.165, 1.54) is 5.56 Å². The molecule has 3 aromatic rings. The zero-order valence-corrected chi connectivity index (χ0v) is 14.5. The lowest BCUT2D eigenvalue weighted by molar-refractivity contribution is 0.0924. The number of para-hydroxylation sites is 2. The van der Waals surface area contributed by atoms with Crippen LogP contribution >= 0.6 is 0 Å². The van der Waals surface area contributed by atoms with Gasteiger partial charge in [0.15, 0.2) is 0 Å². The second-order valence-electron chi connectivity index (χ2n) is 6.14. The molecule has 3 rings (SSSR count). The second-order valence-corrected chi connectivity index (χ2v) is 6.14. The third kappa shape index (κ3) is 3.29. The van der Waals surface area contributed by atoms with Crippen LogP contribution in [0.2, 0.25) is 0 Å². The average molecular weight is 324 g/mol. The Labute approximate surface area is 142 Å². The van der Waals surface area contributed by atoms with E-state index in [1.807, 2.05) is 43.3 Å². The SMILES string of the molecule is CCc1nc2ccccc2n1C[C@H](O)COc1cccc(C)c1C. The summed E-state index contributed by atoms with van der Waals surface area (Å²) >= 11 is 0. The van der Waals surface area contributed by atoms with Crippen LogP contribution in [0.3, 0.4) is 0 Å². The van der Waals surface area contributed by atoms with Gasteiger partial charge in [0, 0.05) is 6.42 Å². The summed E-state index contributed by atoms with van der Waals surface area (Å²) in [4.78, 5) is 4.64. The Morgan fingerprint density at radius 2 is 1.92 bits per heavy atom. The number of aryl methyl sites for hydroxylation is 2. The molecule has 2 aromatic carbocycles. The minimum atomic E-state index is -0.590. The fraction of sp³-hybridized carbons (Fsp3) is 0.350. The van der Waals surface area contributed by atoms with Crippen molar-refractivity contribution in [2.24, 2.45) is 0 Å². The molecule has 1 N–H and O–H groups in total. The van der Waals surface area contributed by atoms with Gasteiger partial charge in [0.1, 0.15) is 24.3 Å². The Kier molecular flexibility index (Phi) is 4.86. The number of aliphatic hydroxyl groups excluding tert-OH is 1. The predicted octanol–water partition coefficient (Wildman–Crippen LogP) is 3.66. The van der Waals surface area contributed by atoms with Crippen molar-refractivity contribution in [3.05, 3.63) is 59.4 Å². The van der Waals surface area contributed by atoms with Crippen LogP contribution in [0.15, 0.2) is 42.5 Å². The molecule has 0 fully saturated rings. The van der Waals surface area contributed by atoms with Crippen molar-refractivity contribution in [3.8, 4) is 5.75 Å². The highest BCUT2D eigenvalue weighted by Gasteiger charge is 2.14. The number of aromatic nitrogens is 2. The summed E-state index contributed by atoms with van der Waals surface area (Å²) in [6, 6.07) is 14.0. The van der Waals surface area contributed by atoms with E-state index in [0.717, 1.165) is 34.6 Å². The third-order valence-electron chi connectivity index (χ3n) is 4.43. The molecule has 0 bridgehead atoms. The molecule has 24 heavy (non-hydrogen) atoms. The van der Waals surface area contributed by atoms with Gasteiger partial charge in [-0.2, -0.15) is 0 Å². The van der Waals surface area contributed by atoms with Crippen LogP contribution in [0.1, 0.15) is 23.9 Å². The van der Waals surface area contributed by atoms with Crippen molar-refractivity contribution in [3.63, 3.8) is 0 Å². The van der Waals surface area contributed by atoms with Crippen molar-refractivity contribution < 1.29 is 9.84 Å². The molecule has 0 saturated carbocycles. The van der Waals surface area contributed by atoms with Crippen molar-refractivity contribution in [1.82, 2.24) is 9.55 Å². The van der Waals surface area contributed by atoms with Gasteiger partial charge in [-0.15, -0.1) is 0 Å². The molecular formula is C20H24N2O2. The van der Waals surface area contributed by atoms with Gasteiger partial charge in [0.05, 0.1) is 17.6 Å². The van der Waals surface area contributed by atoms with E-state index in [1.54, 1.807) is 0 Å². The molecule has 0 saturated heterocycles. The van der Waals surface area contributed by atoms with Gasteiger partial charge >= 0.3 is 0 Å². The van der Waals surface area contributed by atoms with Crippen LogP contribution in [0.5, 0.6) is 5.75 Å². The van der Waals surface area contributed by atoms with Gasteiger partial charge in [0.2, 0.25) is 0 Å². The zero-order valence-electron chi connectivity index (χ0n) is 14.5. The van der Waals surface area contributed by atoms with Crippen LogP contribution in [0, 0.1) is 13.8 Å². The van der Waals surface area contributed by atoms with Gasteiger partial charge in [0.25, 0.3) is 0 Å². The van der Waals surface area contributed by atoms with Gasteiger partial charge in [-0.05, 0) is 43.2 Å². The topological polar surface area (TPSA) is 47.3 Å². The fourth-order valence-corrected chi connectivity index (χ4v) is 2.93. The van der Waals surface area contributed by atoms with Crippen LogP contribution in [-0.2, 0) is 13.0 Å². The molecule has 0 radical (unpaired) electrons. The van der Waals surface area contributed by atoms with Gasteiger partial charge in [-0.25, -0.2) is 4.98 Å². The molecule has 4 heteroatoms. The Balaban J connectivity index is 1.73. The van der Waals surface area contributed by atoms with E-state index in [2.05, 4.69) is 29.5 Å². The van der Waals surface area contributed by atoms with Gasteiger partial charge in [-0.3, -0.25) is 0 Å². The minimum absolute atomic E-state index is 0.264. The van der Waals surface area contributed by atoms with Crippen molar-refractivity contribution >= 4 is 11.0 Å². The molecule has 0 unspecified atom stereocenters. The van der Waals surface area contributed by atoms with E-state index in [0.29, 0.717) is 6.54 Å². The molecule has 126 valence electrons. The minimum Gasteiger partial charge on any atom is -0.491 e. The number of nitrogens with zero attached hydrogens (tertiary/aromatic N) is 2. The average Bonchev–Trinajstić information content (AvgIpc) is 2.94. The number of rotatable bonds is 6. The summed E-state index contributed by atoms with van der Waals surface area (Å²) in [7, 11) is 0. The third-order valence-corrected chi connectivity index (χ3v) is 4.43. The summed E-state index contributed by atoms with van der Waals surface area (Å²) in [5.74, 6) is 1.82. The maximum absolute atomic E-state index is 10.4. The molecule has 1 aromatic heterocycles. The number of aliphatic hydroxyl groups is 1. The summed E-state index contributed by atoms with van der Waals surface area (Å²) in [6.07, 6.45) is 0.243. The lowest BCUT2D eigenvalue weighted by atomic mass is 10.1. The van der Waals surface area contributed by atoms with Crippen LogP contribution < -0.4 is 4.74 Å². The predicted molar refractivity (Wildman–Crippen MR) is 96.5 cm³/mol. The van der Waals surface area contributed by atoms with Crippen LogP contribution in [0.25, 0.3) is 11.0 Å². The molecule has 1 heterocycles. The zero-order chi connectivity index (χ0) is 17.1. The van der Waals surface area contributed by atoms with E-state index in [4.69, 9.17) is 4.74 Å². The highest BCUT2D eigenvalue weighted by molar-refractivity contribution is 5.75. The van der Waals surface area contributed by atoms with Crippen LogP contribution in [-0.4, -0.2) is 27.4 Å². The molecule has 0 aliphatic rings. The Morgan fingerprint density at radius 1 is 1.12 bits per heavy atom. The monoisotopic (exact) mass is 324 g/mol. The van der Waals surface area contributed by atoms with E-state index >= 15 is 0 Å². The quantitative estimate of drug-likeness (QED) is 0.753. The second kappa shape index (κ2) is 7.05. The molecule has 4 nitrogen and oxygen atoms in total. The molecule has 0 spiro atoms. The van der Waals surface area contributed by atoms with Crippen molar-refractivity contribution in [2.45, 2.75) is 39.8 Å². The summed E-state index contributed by atoms with van der Waals surface area (Å²) in [6.45, 7) is 6.92. The van der Waals surface area contributed by atoms with Crippen LogP contribution in [0.4, 0.5) is 0 Å². The Morgan fingerprint density at radius 3 is 2.71 bits per heavy atom. The number of hydrogen-bond acceptors (Lipinski definition) is 3. The molecule has 1 atom stereocenters. The number of fused-ring (bicyclic) bond motifs is 1. The summed E-state index contributed by atoms with van der Waals surface area (Å²) < 4.78 is 7.92. The molecule has 0 aliphatic carbocycles. The van der Waals surface area contributed by atoms with Gasteiger partial charge in [-0.1, -0.05) is 31.2 Å². The van der Waals surface area contributed by atoms with E-state index in [-0.39, 0.29) is 6.61 Å². The first-order valence-electron chi connectivity index (χ1n) is 8.41. The Hall–Kier alpha value is -2.33. The van der Waals surface area contributed by atoms with E-state index < -0.39 is 6.10 Å². The number of imidazole rings is 1. The molecule has 0 amide bonds. The maximum Gasteiger partial charge on any atom is 0.122 e. The largest absolute Gasteiger partial charge is 0.491 e. The summed E-state index contributed by atoms with van der Waals surface area (Å²) in [5, 5.41) is 10.4.